The Hall–Kier alpha value is -2.29. The number of hydrogen-bond acceptors (Lipinski definition) is 3. The first kappa shape index (κ1) is 16.8. The fourth-order valence-electron chi connectivity index (χ4n) is 1.48. The van der Waals surface area contributed by atoms with Crippen LogP contribution in [0.2, 0.25) is 0 Å². The largest absolute Gasteiger partial charge is 0.481 e. The lowest BCUT2D eigenvalue weighted by Gasteiger charge is -2.21. The maximum absolute atomic E-state index is 13.3. The number of urea groups is 1. The highest BCUT2D eigenvalue weighted by atomic mass is 19.1. The van der Waals surface area contributed by atoms with Gasteiger partial charge >= 0.3 is 12.0 Å². The average Bonchev–Trinajstić information content (AvgIpc) is 2.29. The number of carboxylic acid groups (broad SMARTS) is 1. The van der Waals surface area contributed by atoms with Crippen LogP contribution in [-0.2, 0) is 4.79 Å². The van der Waals surface area contributed by atoms with Crippen LogP contribution < -0.4 is 10.6 Å². The molecule has 1 aromatic carbocycles. The quantitative estimate of drug-likeness (QED) is 0.661. The lowest BCUT2D eigenvalue weighted by Crippen LogP contribution is -2.43. The summed E-state index contributed by atoms with van der Waals surface area (Å²) in [6.45, 7) is 0.704. The number of anilines is 1. The van der Waals surface area contributed by atoms with Gasteiger partial charge in [0.2, 0.25) is 0 Å². The zero-order valence-electron chi connectivity index (χ0n) is 10.9. The predicted molar refractivity (Wildman–Crippen MR) is 66.2 cm³/mol. The Bertz CT molecular complexity index is 540. The highest BCUT2D eigenvalue weighted by Gasteiger charge is 2.25. The van der Waals surface area contributed by atoms with E-state index in [9.17, 15) is 27.9 Å². The molecule has 0 bridgehead atoms. The van der Waals surface area contributed by atoms with Crippen molar-refractivity contribution in [1.29, 1.82) is 0 Å². The number of amides is 2. The lowest BCUT2D eigenvalue weighted by atomic mass is 10.0. The molecule has 1 atom stereocenters. The Kier molecular flexibility index (Phi) is 5.14. The van der Waals surface area contributed by atoms with Gasteiger partial charge in [0.05, 0.1) is 12.0 Å². The number of nitrogens with one attached hydrogen (secondary N) is 2. The van der Waals surface area contributed by atoms with E-state index in [2.05, 4.69) is 5.32 Å². The zero-order valence-corrected chi connectivity index (χ0v) is 10.9. The fourth-order valence-corrected chi connectivity index (χ4v) is 1.48. The molecule has 0 aliphatic carbocycles. The number of carboxylic acids is 1. The molecular weight excluding hydrogens is 293 g/mol. The molecule has 0 saturated carbocycles. The van der Waals surface area contributed by atoms with Crippen molar-refractivity contribution in [1.82, 2.24) is 5.32 Å². The highest BCUT2D eigenvalue weighted by molar-refractivity contribution is 5.89. The second-order valence-electron chi connectivity index (χ2n) is 4.62. The Morgan fingerprint density at radius 2 is 1.76 bits per heavy atom. The number of aliphatic carboxylic acids is 1. The summed E-state index contributed by atoms with van der Waals surface area (Å²) in [6, 6.07) is -0.302. The summed E-state index contributed by atoms with van der Waals surface area (Å²) in [4.78, 5) is 21.9. The van der Waals surface area contributed by atoms with Crippen LogP contribution in [0.4, 0.5) is 23.7 Å². The topological polar surface area (TPSA) is 98.7 Å². The van der Waals surface area contributed by atoms with Gasteiger partial charge in [0, 0.05) is 18.7 Å². The number of benzene rings is 1. The lowest BCUT2D eigenvalue weighted by molar-refractivity contribution is -0.141. The Balaban J connectivity index is 2.65. The summed E-state index contributed by atoms with van der Waals surface area (Å²) in [6.07, 6.45) is -0.632. The number of aliphatic hydroxyl groups is 1. The summed E-state index contributed by atoms with van der Waals surface area (Å²) < 4.78 is 39.2. The monoisotopic (exact) mass is 306 g/mol. The SMILES string of the molecule is CC(O)(CNC(=O)Nc1c(F)cc(F)cc1F)CC(=O)O. The van der Waals surface area contributed by atoms with Gasteiger partial charge in [-0.2, -0.15) is 0 Å². The second-order valence-corrected chi connectivity index (χ2v) is 4.62. The summed E-state index contributed by atoms with van der Waals surface area (Å²) in [5, 5.41) is 22.0. The summed E-state index contributed by atoms with van der Waals surface area (Å²) >= 11 is 0. The van der Waals surface area contributed by atoms with E-state index in [4.69, 9.17) is 5.11 Å². The van der Waals surface area contributed by atoms with Gasteiger partial charge in [0.25, 0.3) is 0 Å². The van der Waals surface area contributed by atoms with Gasteiger partial charge in [0.1, 0.15) is 11.5 Å². The molecular formula is C12H13F3N2O4. The standard InChI is InChI=1S/C12H13F3N2O4/c1-12(21,4-9(18)19)5-16-11(20)17-10-7(14)2-6(13)3-8(10)15/h2-3,21H,4-5H2,1H3,(H,18,19)(H2,16,17,20). The molecule has 9 heteroatoms. The zero-order chi connectivity index (χ0) is 16.2. The number of carbonyl (C=O) groups excluding carboxylic acids is 1. The number of rotatable bonds is 5. The fraction of sp³-hybridized carbons (Fsp3) is 0.333. The molecule has 0 spiro atoms. The first-order chi connectivity index (χ1) is 9.60. The molecule has 1 aromatic rings. The van der Waals surface area contributed by atoms with Crippen molar-refractivity contribution >= 4 is 17.7 Å². The molecule has 6 nitrogen and oxygen atoms in total. The van der Waals surface area contributed by atoms with Crippen molar-refractivity contribution in [2.75, 3.05) is 11.9 Å². The molecule has 0 saturated heterocycles. The summed E-state index contributed by atoms with van der Waals surface area (Å²) in [5.41, 5.74) is -2.59. The molecule has 4 N–H and O–H groups in total. The smallest absolute Gasteiger partial charge is 0.319 e. The van der Waals surface area contributed by atoms with Crippen LogP contribution in [0.1, 0.15) is 13.3 Å². The van der Waals surface area contributed by atoms with Crippen LogP contribution in [0.3, 0.4) is 0 Å². The molecule has 0 aliphatic heterocycles. The average molecular weight is 306 g/mol. The molecule has 0 aliphatic rings. The van der Waals surface area contributed by atoms with E-state index in [0.29, 0.717) is 12.1 Å². The Morgan fingerprint density at radius 1 is 1.24 bits per heavy atom. The van der Waals surface area contributed by atoms with E-state index in [1.807, 2.05) is 0 Å². The van der Waals surface area contributed by atoms with Gasteiger partial charge in [-0.1, -0.05) is 0 Å². The van der Waals surface area contributed by atoms with Gasteiger partial charge in [-0.25, -0.2) is 18.0 Å². The van der Waals surface area contributed by atoms with Crippen LogP contribution in [0.25, 0.3) is 0 Å². The normalized spacial score (nSPS) is 13.4. The van der Waals surface area contributed by atoms with Crippen LogP contribution >= 0.6 is 0 Å². The molecule has 2 amide bonds. The minimum absolute atomic E-state index is 0.388. The molecule has 1 rings (SSSR count). The third-order valence-electron chi connectivity index (χ3n) is 2.41. The van der Waals surface area contributed by atoms with Gasteiger partial charge in [-0.05, 0) is 6.92 Å². The number of hydrogen-bond donors (Lipinski definition) is 4. The van der Waals surface area contributed by atoms with E-state index < -0.39 is 53.7 Å². The molecule has 0 radical (unpaired) electrons. The summed E-state index contributed by atoms with van der Waals surface area (Å²) in [5.74, 6) is -5.03. The second kappa shape index (κ2) is 6.44. The van der Waals surface area contributed by atoms with Gasteiger partial charge in [-0.15, -0.1) is 0 Å². The van der Waals surface area contributed by atoms with E-state index >= 15 is 0 Å². The number of halogens is 3. The summed E-state index contributed by atoms with van der Waals surface area (Å²) in [7, 11) is 0. The van der Waals surface area contributed by atoms with Crippen LogP contribution in [0.15, 0.2) is 12.1 Å². The molecule has 116 valence electrons. The van der Waals surface area contributed by atoms with Gasteiger partial charge in [-0.3, -0.25) is 4.79 Å². The minimum Gasteiger partial charge on any atom is -0.481 e. The van der Waals surface area contributed by atoms with Crippen molar-refractivity contribution in [3.63, 3.8) is 0 Å². The van der Waals surface area contributed by atoms with Gasteiger partial charge in [0.15, 0.2) is 11.6 Å². The van der Waals surface area contributed by atoms with Crippen molar-refractivity contribution in [3.05, 3.63) is 29.6 Å². The van der Waals surface area contributed by atoms with Crippen LogP contribution in [0, 0.1) is 17.5 Å². The third-order valence-corrected chi connectivity index (χ3v) is 2.41. The van der Waals surface area contributed by atoms with Crippen molar-refractivity contribution in [2.24, 2.45) is 0 Å². The minimum atomic E-state index is -1.73. The van der Waals surface area contributed by atoms with Crippen molar-refractivity contribution < 1.29 is 33.0 Å². The maximum Gasteiger partial charge on any atom is 0.319 e. The predicted octanol–water partition coefficient (Wildman–Crippen LogP) is 1.45. The third kappa shape index (κ3) is 5.30. The number of carbonyl (C=O) groups is 2. The first-order valence-electron chi connectivity index (χ1n) is 5.74. The van der Waals surface area contributed by atoms with E-state index in [1.54, 1.807) is 5.32 Å². The first-order valence-corrected chi connectivity index (χ1v) is 5.74. The molecule has 0 heterocycles. The maximum atomic E-state index is 13.3. The van der Waals surface area contributed by atoms with Crippen molar-refractivity contribution in [2.45, 2.75) is 18.9 Å². The van der Waals surface area contributed by atoms with E-state index in [1.165, 1.54) is 6.92 Å². The molecule has 1 unspecified atom stereocenters. The Labute approximate surface area is 117 Å². The van der Waals surface area contributed by atoms with E-state index in [-0.39, 0.29) is 0 Å². The molecule has 0 aromatic heterocycles. The van der Waals surface area contributed by atoms with Crippen LogP contribution in [-0.4, -0.2) is 34.4 Å². The van der Waals surface area contributed by atoms with E-state index in [0.717, 1.165) is 0 Å². The van der Waals surface area contributed by atoms with Gasteiger partial charge < -0.3 is 20.8 Å². The Morgan fingerprint density at radius 3 is 2.24 bits per heavy atom. The highest BCUT2D eigenvalue weighted by Crippen LogP contribution is 2.20. The molecule has 0 fully saturated rings. The molecule has 21 heavy (non-hydrogen) atoms. The van der Waals surface area contributed by atoms with Crippen LogP contribution in [0.5, 0.6) is 0 Å². The van der Waals surface area contributed by atoms with Crippen molar-refractivity contribution in [3.8, 4) is 0 Å².